The van der Waals surface area contributed by atoms with Crippen LogP contribution in [0.25, 0.3) is 0 Å². The highest BCUT2D eigenvalue weighted by Crippen LogP contribution is 2.25. The van der Waals surface area contributed by atoms with Crippen LogP contribution in [0.1, 0.15) is 186 Å². The molecule has 0 aliphatic rings. The molecule has 48 heavy (non-hydrogen) atoms. The van der Waals surface area contributed by atoms with Crippen molar-refractivity contribution in [3.8, 4) is 11.5 Å². The first kappa shape index (κ1) is 43.7. The predicted octanol–water partition coefficient (Wildman–Crippen LogP) is 11.2. The molecule has 1 aromatic carbocycles. The van der Waals surface area contributed by atoms with Crippen LogP contribution in [0.5, 0.6) is 11.5 Å². The number of hydrogen-bond donors (Lipinski definition) is 1. The molecular formula is C41H72O7. The van der Waals surface area contributed by atoms with Gasteiger partial charge in [-0.2, -0.15) is 0 Å². The Morgan fingerprint density at radius 2 is 0.896 bits per heavy atom. The van der Waals surface area contributed by atoms with Crippen LogP contribution in [-0.4, -0.2) is 43.5 Å². The molecule has 0 unspecified atom stereocenters. The van der Waals surface area contributed by atoms with Crippen LogP contribution in [0.15, 0.2) is 18.2 Å². The van der Waals surface area contributed by atoms with E-state index in [9.17, 15) is 14.7 Å². The van der Waals surface area contributed by atoms with Gasteiger partial charge in [0.15, 0.2) is 0 Å². The first-order valence-corrected chi connectivity index (χ1v) is 19.9. The third-order valence-corrected chi connectivity index (χ3v) is 8.80. The number of ether oxygens (including phenoxy) is 4. The molecule has 0 aliphatic carbocycles. The number of carbonyl (C=O) groups is 2. The summed E-state index contributed by atoms with van der Waals surface area (Å²) in [5.41, 5.74) is 0.737. The highest BCUT2D eigenvalue weighted by atomic mass is 16.5. The molecule has 0 atom stereocenters. The van der Waals surface area contributed by atoms with Gasteiger partial charge in [-0.3, -0.25) is 9.59 Å². The number of esters is 2. The van der Waals surface area contributed by atoms with Crippen LogP contribution in [-0.2, 0) is 25.7 Å². The van der Waals surface area contributed by atoms with Crippen LogP contribution in [0, 0.1) is 0 Å². The lowest BCUT2D eigenvalue weighted by Gasteiger charge is -2.13. The molecular weight excluding hydrogens is 604 g/mol. The van der Waals surface area contributed by atoms with E-state index in [1.165, 1.54) is 64.2 Å². The van der Waals surface area contributed by atoms with E-state index < -0.39 is 0 Å². The first-order chi connectivity index (χ1) is 23.6. The Labute approximate surface area is 294 Å². The summed E-state index contributed by atoms with van der Waals surface area (Å²) >= 11 is 0. The van der Waals surface area contributed by atoms with Crippen molar-refractivity contribution in [2.45, 2.75) is 187 Å². The number of hydrogen-bond acceptors (Lipinski definition) is 7. The molecule has 0 bridgehead atoms. The maximum Gasteiger partial charge on any atom is 0.305 e. The van der Waals surface area contributed by atoms with Gasteiger partial charge in [0.2, 0.25) is 0 Å². The van der Waals surface area contributed by atoms with Gasteiger partial charge in [0.05, 0.1) is 33.0 Å². The number of aliphatic hydroxyl groups excluding tert-OH is 1. The summed E-state index contributed by atoms with van der Waals surface area (Å²) in [6.07, 6.45) is 28.2. The Bertz CT molecular complexity index is 888. The Kier molecular flexibility index (Phi) is 30.3. The van der Waals surface area contributed by atoms with Gasteiger partial charge in [-0.05, 0) is 56.7 Å². The van der Waals surface area contributed by atoms with Crippen molar-refractivity contribution >= 4 is 11.9 Å². The monoisotopic (exact) mass is 677 g/mol. The van der Waals surface area contributed by atoms with Gasteiger partial charge in [0.25, 0.3) is 0 Å². The van der Waals surface area contributed by atoms with E-state index >= 15 is 0 Å². The smallest absolute Gasteiger partial charge is 0.305 e. The molecule has 0 aromatic heterocycles. The minimum Gasteiger partial charge on any atom is -0.494 e. The van der Waals surface area contributed by atoms with E-state index in [4.69, 9.17) is 18.9 Å². The topological polar surface area (TPSA) is 91.3 Å². The van der Waals surface area contributed by atoms with E-state index in [0.29, 0.717) is 45.0 Å². The summed E-state index contributed by atoms with van der Waals surface area (Å²) in [6, 6.07) is 5.64. The average molecular weight is 677 g/mol. The maximum absolute atomic E-state index is 11.9. The second-order valence-electron chi connectivity index (χ2n) is 13.3. The second-order valence-corrected chi connectivity index (χ2v) is 13.3. The minimum absolute atomic E-state index is 0.0592. The lowest BCUT2D eigenvalue weighted by atomic mass is 10.1. The molecule has 1 aromatic rings. The molecule has 0 radical (unpaired) electrons. The fourth-order valence-corrected chi connectivity index (χ4v) is 5.72. The molecule has 0 saturated heterocycles. The van der Waals surface area contributed by atoms with Gasteiger partial charge in [0.1, 0.15) is 11.5 Å². The number of benzene rings is 1. The summed E-state index contributed by atoms with van der Waals surface area (Å²) in [4.78, 5) is 23.8. The van der Waals surface area contributed by atoms with E-state index in [1.807, 2.05) is 18.2 Å². The molecule has 0 spiro atoms. The van der Waals surface area contributed by atoms with Crippen molar-refractivity contribution in [3.05, 3.63) is 23.8 Å². The number of carbonyl (C=O) groups excluding carboxylic acids is 2. The van der Waals surface area contributed by atoms with Crippen LogP contribution in [0.4, 0.5) is 0 Å². The zero-order chi connectivity index (χ0) is 34.8. The summed E-state index contributed by atoms with van der Waals surface area (Å²) in [7, 11) is 0. The standard InChI is InChI=1S/C41H72O7/c1-3-5-7-9-11-17-25-33-47-40(43)27-21-15-13-19-23-31-45-38-29-30-39(37(35-38)36-42)46-32-24-20-14-16-22-28-41(44)48-34-26-18-12-10-8-6-4-2/h29-30,35,42H,3-28,31-34,36H2,1-2H3. The minimum atomic E-state index is -0.0942. The molecule has 1 rings (SSSR count). The maximum atomic E-state index is 11.9. The summed E-state index contributed by atoms with van der Waals surface area (Å²) in [5.74, 6) is 1.33. The summed E-state index contributed by atoms with van der Waals surface area (Å²) in [6.45, 7) is 6.72. The van der Waals surface area contributed by atoms with Crippen LogP contribution in [0.3, 0.4) is 0 Å². The van der Waals surface area contributed by atoms with Gasteiger partial charge in [-0.15, -0.1) is 0 Å². The Balaban J connectivity index is 1.99. The average Bonchev–Trinajstić information content (AvgIpc) is 3.09. The van der Waals surface area contributed by atoms with Crippen molar-refractivity contribution in [1.82, 2.24) is 0 Å². The lowest BCUT2D eigenvalue weighted by molar-refractivity contribution is -0.144. The van der Waals surface area contributed by atoms with Crippen LogP contribution in [0.2, 0.25) is 0 Å². The van der Waals surface area contributed by atoms with Crippen LogP contribution < -0.4 is 9.47 Å². The largest absolute Gasteiger partial charge is 0.494 e. The fraction of sp³-hybridized carbons (Fsp3) is 0.805. The van der Waals surface area contributed by atoms with Crippen molar-refractivity contribution in [3.63, 3.8) is 0 Å². The third kappa shape index (κ3) is 26.6. The normalized spacial score (nSPS) is 11.1. The van der Waals surface area contributed by atoms with Gasteiger partial charge in [-0.1, -0.05) is 129 Å². The number of aliphatic hydroxyl groups is 1. The molecule has 1 N–H and O–H groups in total. The zero-order valence-corrected chi connectivity index (χ0v) is 31.0. The van der Waals surface area contributed by atoms with E-state index in [2.05, 4.69) is 13.8 Å². The molecule has 0 saturated carbocycles. The van der Waals surface area contributed by atoms with E-state index in [0.717, 1.165) is 101 Å². The third-order valence-electron chi connectivity index (χ3n) is 8.80. The van der Waals surface area contributed by atoms with Crippen molar-refractivity contribution in [2.24, 2.45) is 0 Å². The van der Waals surface area contributed by atoms with Crippen molar-refractivity contribution in [1.29, 1.82) is 0 Å². The number of rotatable bonds is 35. The van der Waals surface area contributed by atoms with Crippen molar-refractivity contribution < 1.29 is 33.6 Å². The Morgan fingerprint density at radius 1 is 0.500 bits per heavy atom. The molecule has 7 nitrogen and oxygen atoms in total. The zero-order valence-electron chi connectivity index (χ0n) is 31.0. The Hall–Kier alpha value is -2.28. The first-order valence-electron chi connectivity index (χ1n) is 19.9. The highest BCUT2D eigenvalue weighted by Gasteiger charge is 2.07. The van der Waals surface area contributed by atoms with Crippen LogP contribution >= 0.6 is 0 Å². The van der Waals surface area contributed by atoms with Gasteiger partial charge in [-0.25, -0.2) is 0 Å². The molecule has 0 aliphatic heterocycles. The summed E-state index contributed by atoms with van der Waals surface area (Å²) < 4.78 is 22.6. The quantitative estimate of drug-likeness (QED) is 0.0565. The molecule has 278 valence electrons. The molecule has 0 fully saturated rings. The highest BCUT2D eigenvalue weighted by molar-refractivity contribution is 5.69. The number of unbranched alkanes of at least 4 members (excludes halogenated alkanes) is 20. The van der Waals surface area contributed by atoms with Gasteiger partial charge in [0, 0.05) is 18.4 Å². The second kappa shape index (κ2) is 33.2. The SMILES string of the molecule is CCCCCCCCCOC(=O)CCCCCCCOc1ccc(OCCCCCCCC(=O)OCCCCCCCCC)c(CO)c1. The summed E-state index contributed by atoms with van der Waals surface area (Å²) in [5, 5.41) is 9.84. The van der Waals surface area contributed by atoms with Crippen molar-refractivity contribution in [2.75, 3.05) is 26.4 Å². The lowest BCUT2D eigenvalue weighted by Crippen LogP contribution is -2.05. The van der Waals surface area contributed by atoms with E-state index in [1.54, 1.807) is 0 Å². The van der Waals surface area contributed by atoms with Gasteiger partial charge < -0.3 is 24.1 Å². The predicted molar refractivity (Wildman–Crippen MR) is 197 cm³/mol. The van der Waals surface area contributed by atoms with E-state index in [-0.39, 0.29) is 18.5 Å². The molecule has 0 amide bonds. The Morgan fingerprint density at radius 3 is 1.35 bits per heavy atom. The molecule has 7 heteroatoms. The molecule has 0 heterocycles. The van der Waals surface area contributed by atoms with Gasteiger partial charge >= 0.3 is 11.9 Å². The fourth-order valence-electron chi connectivity index (χ4n) is 5.72.